The Morgan fingerprint density at radius 2 is 2.21 bits per heavy atom. The third-order valence-electron chi connectivity index (χ3n) is 3.83. The van der Waals surface area contributed by atoms with Crippen molar-refractivity contribution in [2.75, 3.05) is 24.5 Å². The lowest BCUT2D eigenvalue weighted by atomic mass is 9.95. The first-order valence-corrected chi connectivity index (χ1v) is 6.65. The van der Waals surface area contributed by atoms with Gasteiger partial charge in [0.25, 0.3) is 0 Å². The molecule has 1 aromatic carbocycles. The zero-order valence-corrected chi connectivity index (χ0v) is 10.7. The second kappa shape index (κ2) is 4.81. The van der Waals surface area contributed by atoms with Gasteiger partial charge in [-0.15, -0.1) is 0 Å². The summed E-state index contributed by atoms with van der Waals surface area (Å²) in [5, 5.41) is 3.31. The van der Waals surface area contributed by atoms with Gasteiger partial charge in [-0.25, -0.2) is 9.18 Å². The predicted molar refractivity (Wildman–Crippen MR) is 69.7 cm³/mol. The third-order valence-corrected chi connectivity index (χ3v) is 3.83. The van der Waals surface area contributed by atoms with E-state index in [4.69, 9.17) is 4.74 Å². The SMILES string of the molecule is O=C1O[C@]2(CCCNCC2)CN1c1cccc(F)c1. The first-order chi connectivity index (χ1) is 9.19. The maximum Gasteiger partial charge on any atom is 0.415 e. The van der Waals surface area contributed by atoms with Gasteiger partial charge in [-0.2, -0.15) is 0 Å². The van der Waals surface area contributed by atoms with E-state index in [1.54, 1.807) is 12.1 Å². The Morgan fingerprint density at radius 1 is 1.32 bits per heavy atom. The molecule has 1 aromatic rings. The zero-order chi connectivity index (χ0) is 13.3. The molecule has 5 heteroatoms. The highest BCUT2D eigenvalue weighted by Crippen LogP contribution is 2.34. The van der Waals surface area contributed by atoms with Gasteiger partial charge < -0.3 is 10.1 Å². The van der Waals surface area contributed by atoms with E-state index in [2.05, 4.69) is 5.32 Å². The van der Waals surface area contributed by atoms with Crippen LogP contribution in [0.4, 0.5) is 14.9 Å². The Morgan fingerprint density at radius 3 is 3.05 bits per heavy atom. The van der Waals surface area contributed by atoms with Crippen molar-refractivity contribution in [3.05, 3.63) is 30.1 Å². The van der Waals surface area contributed by atoms with Crippen LogP contribution in [0.5, 0.6) is 0 Å². The highest BCUT2D eigenvalue weighted by Gasteiger charge is 2.45. The van der Waals surface area contributed by atoms with E-state index >= 15 is 0 Å². The number of halogens is 1. The number of carbonyl (C=O) groups is 1. The van der Waals surface area contributed by atoms with Crippen LogP contribution in [0.3, 0.4) is 0 Å². The van der Waals surface area contributed by atoms with E-state index in [1.807, 2.05) is 0 Å². The standard InChI is InChI=1S/C14H17FN2O2/c15-11-3-1-4-12(9-11)17-10-14(19-13(17)18)5-2-7-16-8-6-14/h1,3-4,9,16H,2,5-8,10H2/t14-/m0/s1. The number of ether oxygens (including phenoxy) is 1. The Bertz CT molecular complexity index is 484. The summed E-state index contributed by atoms with van der Waals surface area (Å²) in [5.74, 6) is -0.339. The van der Waals surface area contributed by atoms with Crippen LogP contribution in [0.1, 0.15) is 19.3 Å². The van der Waals surface area contributed by atoms with Crippen LogP contribution in [-0.2, 0) is 4.74 Å². The fourth-order valence-corrected chi connectivity index (χ4v) is 2.83. The Kier molecular flexibility index (Phi) is 3.14. The van der Waals surface area contributed by atoms with Gasteiger partial charge in [0.2, 0.25) is 0 Å². The van der Waals surface area contributed by atoms with Crippen LogP contribution >= 0.6 is 0 Å². The normalized spacial score (nSPS) is 27.4. The Hall–Kier alpha value is -1.62. The van der Waals surface area contributed by atoms with Gasteiger partial charge in [0.15, 0.2) is 0 Å². The lowest BCUT2D eigenvalue weighted by Gasteiger charge is -2.24. The monoisotopic (exact) mass is 264 g/mol. The van der Waals surface area contributed by atoms with Crippen LogP contribution in [0.2, 0.25) is 0 Å². The lowest BCUT2D eigenvalue weighted by molar-refractivity contribution is 0.0470. The highest BCUT2D eigenvalue weighted by molar-refractivity contribution is 5.90. The number of amides is 1. The average molecular weight is 264 g/mol. The van der Waals surface area contributed by atoms with Crippen molar-refractivity contribution in [3.63, 3.8) is 0 Å². The maximum atomic E-state index is 13.3. The summed E-state index contributed by atoms with van der Waals surface area (Å²) in [5.41, 5.74) is 0.159. The van der Waals surface area contributed by atoms with Gasteiger partial charge >= 0.3 is 6.09 Å². The van der Waals surface area contributed by atoms with Crippen molar-refractivity contribution in [1.29, 1.82) is 0 Å². The molecule has 1 amide bonds. The molecule has 0 saturated carbocycles. The quantitative estimate of drug-likeness (QED) is 0.846. The molecule has 1 N–H and O–H groups in total. The number of anilines is 1. The van der Waals surface area contributed by atoms with Crippen LogP contribution < -0.4 is 10.2 Å². The van der Waals surface area contributed by atoms with Crippen molar-refractivity contribution in [2.24, 2.45) is 0 Å². The number of benzene rings is 1. The first kappa shape index (κ1) is 12.4. The van der Waals surface area contributed by atoms with Gasteiger partial charge in [0.1, 0.15) is 11.4 Å². The van der Waals surface area contributed by atoms with Crippen molar-refractivity contribution in [2.45, 2.75) is 24.9 Å². The molecule has 1 spiro atoms. The molecule has 2 fully saturated rings. The second-order valence-electron chi connectivity index (χ2n) is 5.22. The van der Waals surface area contributed by atoms with E-state index in [1.165, 1.54) is 17.0 Å². The molecular weight excluding hydrogens is 247 g/mol. The van der Waals surface area contributed by atoms with Crippen molar-refractivity contribution >= 4 is 11.8 Å². The van der Waals surface area contributed by atoms with E-state index in [9.17, 15) is 9.18 Å². The molecule has 0 aliphatic carbocycles. The first-order valence-electron chi connectivity index (χ1n) is 6.65. The number of nitrogens with zero attached hydrogens (tertiary/aromatic N) is 1. The minimum absolute atomic E-state index is 0.339. The van der Waals surface area contributed by atoms with Gasteiger partial charge in [-0.05, 0) is 44.1 Å². The molecule has 0 bridgehead atoms. The summed E-state index contributed by atoms with van der Waals surface area (Å²) >= 11 is 0. The smallest absolute Gasteiger partial charge is 0.415 e. The van der Waals surface area contributed by atoms with Crippen molar-refractivity contribution in [1.82, 2.24) is 5.32 Å². The zero-order valence-electron chi connectivity index (χ0n) is 10.7. The molecule has 2 aliphatic heterocycles. The summed E-state index contributed by atoms with van der Waals surface area (Å²) < 4.78 is 18.9. The third kappa shape index (κ3) is 2.42. The van der Waals surface area contributed by atoms with Crippen molar-refractivity contribution < 1.29 is 13.9 Å². The molecule has 102 valence electrons. The minimum atomic E-state index is -0.410. The number of hydrogen-bond acceptors (Lipinski definition) is 3. The summed E-state index contributed by atoms with van der Waals surface area (Å²) in [6.45, 7) is 2.32. The molecule has 0 radical (unpaired) electrons. The van der Waals surface area contributed by atoms with Crippen LogP contribution in [0.15, 0.2) is 24.3 Å². The molecular formula is C14H17FN2O2. The van der Waals surface area contributed by atoms with Gasteiger partial charge in [0, 0.05) is 6.42 Å². The van der Waals surface area contributed by atoms with Gasteiger partial charge in [-0.1, -0.05) is 6.07 Å². The summed E-state index contributed by atoms with van der Waals surface area (Å²) in [6.07, 6.45) is 2.29. The highest BCUT2D eigenvalue weighted by atomic mass is 19.1. The van der Waals surface area contributed by atoms with E-state index < -0.39 is 5.60 Å². The molecule has 1 atom stereocenters. The molecule has 3 rings (SSSR count). The number of rotatable bonds is 1. The molecule has 2 aliphatic rings. The Balaban J connectivity index is 1.83. The lowest BCUT2D eigenvalue weighted by Crippen LogP contribution is -2.35. The van der Waals surface area contributed by atoms with Crippen LogP contribution in [0.25, 0.3) is 0 Å². The summed E-state index contributed by atoms with van der Waals surface area (Å²) in [7, 11) is 0. The predicted octanol–water partition coefficient (Wildman–Crippen LogP) is 2.29. The number of nitrogens with one attached hydrogen (secondary N) is 1. The van der Waals surface area contributed by atoms with Gasteiger partial charge in [-0.3, -0.25) is 4.90 Å². The molecule has 0 unspecified atom stereocenters. The fourth-order valence-electron chi connectivity index (χ4n) is 2.83. The molecule has 4 nitrogen and oxygen atoms in total. The maximum absolute atomic E-state index is 13.3. The Labute approximate surface area is 111 Å². The molecule has 19 heavy (non-hydrogen) atoms. The van der Waals surface area contributed by atoms with E-state index in [0.717, 1.165) is 32.4 Å². The van der Waals surface area contributed by atoms with Crippen LogP contribution in [-0.4, -0.2) is 31.3 Å². The molecule has 2 saturated heterocycles. The van der Waals surface area contributed by atoms with Crippen LogP contribution in [0, 0.1) is 5.82 Å². The average Bonchev–Trinajstić information content (AvgIpc) is 2.57. The number of hydrogen-bond donors (Lipinski definition) is 1. The summed E-state index contributed by atoms with van der Waals surface area (Å²) in [4.78, 5) is 13.6. The van der Waals surface area contributed by atoms with Crippen molar-refractivity contribution in [3.8, 4) is 0 Å². The second-order valence-corrected chi connectivity index (χ2v) is 5.22. The van der Waals surface area contributed by atoms with Gasteiger partial charge in [0.05, 0.1) is 12.2 Å². The molecule has 0 aromatic heterocycles. The largest absolute Gasteiger partial charge is 0.441 e. The number of carbonyl (C=O) groups excluding carboxylic acids is 1. The van der Waals surface area contributed by atoms with E-state index in [0.29, 0.717) is 12.2 Å². The minimum Gasteiger partial charge on any atom is -0.441 e. The molecule has 2 heterocycles. The summed E-state index contributed by atoms with van der Waals surface area (Å²) in [6, 6.07) is 6.08. The topological polar surface area (TPSA) is 41.6 Å². The fraction of sp³-hybridized carbons (Fsp3) is 0.500. The van der Waals surface area contributed by atoms with E-state index in [-0.39, 0.29) is 11.9 Å².